The largest absolute Gasteiger partial charge is 0.0654 e. The van der Waals surface area contributed by atoms with Crippen LogP contribution in [0.25, 0.3) is 0 Å². The highest BCUT2D eigenvalue weighted by Gasteiger charge is 2.21. The Kier molecular flexibility index (Phi) is 6.31. The van der Waals surface area contributed by atoms with Gasteiger partial charge in [0.15, 0.2) is 0 Å². The molecule has 0 nitrogen and oxygen atoms in total. The molecule has 0 spiro atoms. The zero-order valence-electron chi connectivity index (χ0n) is 10.1. The van der Waals surface area contributed by atoms with Crippen LogP contribution in [0.5, 0.6) is 0 Å². The molecule has 1 radical (unpaired) electrons. The van der Waals surface area contributed by atoms with Crippen molar-refractivity contribution in [1.82, 2.24) is 0 Å². The quantitative estimate of drug-likeness (QED) is 0.551. The smallest absolute Gasteiger partial charge is 0.0238 e. The molecule has 0 bridgehead atoms. The van der Waals surface area contributed by atoms with Crippen molar-refractivity contribution in [3.05, 3.63) is 5.92 Å². The number of hydrogen-bond acceptors (Lipinski definition) is 0. The van der Waals surface area contributed by atoms with E-state index in [1.807, 2.05) is 5.92 Å². The van der Waals surface area contributed by atoms with Gasteiger partial charge in [0.2, 0.25) is 0 Å². The van der Waals surface area contributed by atoms with Crippen LogP contribution in [-0.4, -0.2) is 0 Å². The van der Waals surface area contributed by atoms with Crippen LogP contribution in [0, 0.1) is 11.8 Å². The van der Waals surface area contributed by atoms with Crippen molar-refractivity contribution in [3.63, 3.8) is 0 Å². The lowest BCUT2D eigenvalue weighted by Gasteiger charge is -2.28. The summed E-state index contributed by atoms with van der Waals surface area (Å²) in [6.45, 7) is 4.61. The Morgan fingerprint density at radius 2 is 1.93 bits per heavy atom. The molecule has 0 saturated heterocycles. The van der Waals surface area contributed by atoms with Gasteiger partial charge in [0.1, 0.15) is 0 Å². The highest BCUT2D eigenvalue weighted by Crippen LogP contribution is 2.36. The predicted octanol–water partition coefficient (Wildman–Crippen LogP) is 5.13. The van der Waals surface area contributed by atoms with E-state index in [1.54, 1.807) is 0 Å². The molecular formula is C14H27. The maximum atomic E-state index is 2.31. The predicted molar refractivity (Wildman–Crippen MR) is 64.3 cm³/mol. The fourth-order valence-corrected chi connectivity index (χ4v) is 2.65. The molecule has 1 saturated carbocycles. The Morgan fingerprint density at radius 1 is 1.14 bits per heavy atom. The third-order valence-corrected chi connectivity index (χ3v) is 3.57. The van der Waals surface area contributed by atoms with Gasteiger partial charge >= 0.3 is 0 Å². The van der Waals surface area contributed by atoms with Gasteiger partial charge < -0.3 is 0 Å². The minimum Gasteiger partial charge on any atom is -0.0654 e. The summed E-state index contributed by atoms with van der Waals surface area (Å²) < 4.78 is 0. The molecule has 0 amide bonds. The fourth-order valence-electron chi connectivity index (χ4n) is 2.65. The topological polar surface area (TPSA) is 0 Å². The summed E-state index contributed by atoms with van der Waals surface area (Å²) in [7, 11) is 0. The summed E-state index contributed by atoms with van der Waals surface area (Å²) >= 11 is 0. The van der Waals surface area contributed by atoms with Gasteiger partial charge in [-0.3, -0.25) is 0 Å². The molecule has 1 unspecified atom stereocenters. The third kappa shape index (κ3) is 4.48. The molecule has 1 rings (SSSR count). The fraction of sp³-hybridized carbons (Fsp3) is 0.929. The molecule has 1 atom stereocenters. The standard InChI is InChI=1S/C14H27/c1-3-5-8-13-10-7-11-14(12-13)9-6-4-2/h13H,3-12H2,1-2H3. The van der Waals surface area contributed by atoms with Gasteiger partial charge in [-0.05, 0) is 31.1 Å². The molecule has 83 valence electrons. The first-order valence-electron chi connectivity index (χ1n) is 6.70. The molecule has 0 aromatic heterocycles. The Labute approximate surface area is 90.5 Å². The normalized spacial score (nSPS) is 24.0. The van der Waals surface area contributed by atoms with Crippen LogP contribution in [0.4, 0.5) is 0 Å². The van der Waals surface area contributed by atoms with Gasteiger partial charge in [-0.2, -0.15) is 0 Å². The summed E-state index contributed by atoms with van der Waals surface area (Å²) in [5.41, 5.74) is 0. The molecule has 0 aromatic carbocycles. The van der Waals surface area contributed by atoms with Crippen molar-refractivity contribution >= 4 is 0 Å². The van der Waals surface area contributed by atoms with E-state index in [1.165, 1.54) is 64.2 Å². The summed E-state index contributed by atoms with van der Waals surface area (Å²) in [6, 6.07) is 0. The minimum absolute atomic E-state index is 1.05. The summed E-state index contributed by atoms with van der Waals surface area (Å²) in [4.78, 5) is 0. The number of unbranched alkanes of at least 4 members (excludes halogenated alkanes) is 2. The summed E-state index contributed by atoms with van der Waals surface area (Å²) in [5.74, 6) is 2.94. The van der Waals surface area contributed by atoms with Gasteiger partial charge in [-0.15, -0.1) is 0 Å². The van der Waals surface area contributed by atoms with E-state index in [4.69, 9.17) is 0 Å². The van der Waals surface area contributed by atoms with E-state index in [0.717, 1.165) is 5.92 Å². The zero-order chi connectivity index (χ0) is 10.2. The lowest BCUT2D eigenvalue weighted by Crippen LogP contribution is -2.14. The highest BCUT2D eigenvalue weighted by atomic mass is 14.3. The molecule has 0 heterocycles. The van der Waals surface area contributed by atoms with Crippen LogP contribution in [0.1, 0.15) is 78.1 Å². The molecule has 1 fully saturated rings. The minimum atomic E-state index is 1.05. The van der Waals surface area contributed by atoms with Gasteiger partial charge in [0.05, 0.1) is 0 Å². The zero-order valence-corrected chi connectivity index (χ0v) is 10.1. The van der Waals surface area contributed by atoms with Crippen molar-refractivity contribution < 1.29 is 0 Å². The van der Waals surface area contributed by atoms with Crippen molar-refractivity contribution in [2.24, 2.45) is 5.92 Å². The number of hydrogen-bond donors (Lipinski definition) is 0. The van der Waals surface area contributed by atoms with Gasteiger partial charge in [-0.25, -0.2) is 0 Å². The third-order valence-electron chi connectivity index (χ3n) is 3.57. The van der Waals surface area contributed by atoms with E-state index >= 15 is 0 Å². The molecular weight excluding hydrogens is 168 g/mol. The highest BCUT2D eigenvalue weighted by molar-refractivity contribution is 4.94. The van der Waals surface area contributed by atoms with Gasteiger partial charge in [0.25, 0.3) is 0 Å². The van der Waals surface area contributed by atoms with E-state index in [9.17, 15) is 0 Å². The van der Waals surface area contributed by atoms with Crippen LogP contribution in [0.15, 0.2) is 0 Å². The maximum absolute atomic E-state index is 2.31. The monoisotopic (exact) mass is 195 g/mol. The summed E-state index contributed by atoms with van der Waals surface area (Å²) in [6.07, 6.45) is 14.4. The lowest BCUT2D eigenvalue weighted by molar-refractivity contribution is 0.339. The maximum Gasteiger partial charge on any atom is -0.0238 e. The van der Waals surface area contributed by atoms with Crippen molar-refractivity contribution in [3.8, 4) is 0 Å². The first kappa shape index (κ1) is 12.1. The Morgan fingerprint density at radius 3 is 2.64 bits per heavy atom. The van der Waals surface area contributed by atoms with Gasteiger partial charge in [0, 0.05) is 0 Å². The van der Waals surface area contributed by atoms with Crippen LogP contribution < -0.4 is 0 Å². The van der Waals surface area contributed by atoms with E-state index in [2.05, 4.69) is 13.8 Å². The van der Waals surface area contributed by atoms with Crippen LogP contribution in [0.2, 0.25) is 0 Å². The van der Waals surface area contributed by atoms with Crippen LogP contribution in [0.3, 0.4) is 0 Å². The average Bonchev–Trinajstić information content (AvgIpc) is 2.24. The average molecular weight is 195 g/mol. The number of rotatable bonds is 6. The van der Waals surface area contributed by atoms with Gasteiger partial charge in [-0.1, -0.05) is 58.8 Å². The second-order valence-electron chi connectivity index (χ2n) is 4.96. The molecule has 1 aliphatic rings. The molecule has 0 aromatic rings. The Balaban J connectivity index is 2.14. The van der Waals surface area contributed by atoms with Crippen molar-refractivity contribution in [1.29, 1.82) is 0 Å². The van der Waals surface area contributed by atoms with Crippen molar-refractivity contribution in [2.75, 3.05) is 0 Å². The second-order valence-corrected chi connectivity index (χ2v) is 4.96. The molecule has 0 N–H and O–H groups in total. The Hall–Kier alpha value is 0. The summed E-state index contributed by atoms with van der Waals surface area (Å²) in [5, 5.41) is 0. The molecule has 0 heteroatoms. The van der Waals surface area contributed by atoms with Crippen LogP contribution in [-0.2, 0) is 0 Å². The van der Waals surface area contributed by atoms with Crippen molar-refractivity contribution in [2.45, 2.75) is 78.1 Å². The van der Waals surface area contributed by atoms with E-state index in [-0.39, 0.29) is 0 Å². The molecule has 1 aliphatic carbocycles. The van der Waals surface area contributed by atoms with Crippen LogP contribution >= 0.6 is 0 Å². The Bertz CT molecular complexity index is 114. The lowest BCUT2D eigenvalue weighted by atomic mass is 9.77. The first-order chi connectivity index (χ1) is 6.86. The van der Waals surface area contributed by atoms with E-state index in [0.29, 0.717) is 0 Å². The SMILES string of the molecule is CCCC[C]1CCCC(CCCC)C1. The molecule has 0 aliphatic heterocycles. The molecule has 14 heavy (non-hydrogen) atoms. The first-order valence-corrected chi connectivity index (χ1v) is 6.70. The van der Waals surface area contributed by atoms with E-state index < -0.39 is 0 Å². The second kappa shape index (κ2) is 7.31.